The number of nitrogens with zero attached hydrogens (tertiary/aromatic N) is 1. The van der Waals surface area contributed by atoms with E-state index in [0.29, 0.717) is 17.9 Å². The fourth-order valence-electron chi connectivity index (χ4n) is 2.18. The molecule has 2 aromatic carbocycles. The number of benzene rings is 2. The first-order valence-corrected chi connectivity index (χ1v) is 7.76. The minimum atomic E-state index is 0.618. The van der Waals surface area contributed by atoms with E-state index in [1.807, 2.05) is 54.6 Å². The van der Waals surface area contributed by atoms with Crippen LogP contribution in [-0.4, -0.2) is 13.7 Å². The predicted molar refractivity (Wildman–Crippen MR) is 93.3 cm³/mol. The van der Waals surface area contributed by atoms with Crippen LogP contribution in [0.4, 0.5) is 0 Å². The molecule has 23 heavy (non-hydrogen) atoms. The lowest BCUT2D eigenvalue weighted by molar-refractivity contribution is 0.288. The summed E-state index contributed by atoms with van der Waals surface area (Å²) in [5.74, 6) is 1.41. The molecule has 0 amide bonds. The quantitative estimate of drug-likeness (QED) is 0.413. The third kappa shape index (κ3) is 4.62. The first-order valence-electron chi connectivity index (χ1n) is 7.76. The Bertz CT molecular complexity index is 699. The molecule has 0 N–H and O–H groups in total. The molecule has 0 saturated carbocycles. The van der Waals surface area contributed by atoms with Crippen LogP contribution in [0, 0.1) is 11.3 Å². The number of methoxy groups -OCH3 is 1. The number of hydrogen-bond acceptors (Lipinski definition) is 3. The van der Waals surface area contributed by atoms with Crippen molar-refractivity contribution in [1.82, 2.24) is 0 Å². The van der Waals surface area contributed by atoms with Crippen LogP contribution in [0.3, 0.4) is 0 Å². The molecule has 118 valence electrons. The SMILES string of the molecule is CCCCOc1ccc(C=C(C#N)c2ccccc2)cc1OC. The minimum Gasteiger partial charge on any atom is -0.493 e. The van der Waals surface area contributed by atoms with E-state index in [-0.39, 0.29) is 0 Å². The lowest BCUT2D eigenvalue weighted by Crippen LogP contribution is -1.99. The number of ether oxygens (including phenoxy) is 2. The maximum absolute atomic E-state index is 9.39. The zero-order chi connectivity index (χ0) is 16.5. The van der Waals surface area contributed by atoms with Crippen molar-refractivity contribution in [2.75, 3.05) is 13.7 Å². The third-order valence-corrected chi connectivity index (χ3v) is 3.46. The lowest BCUT2D eigenvalue weighted by Gasteiger charge is -2.11. The second kappa shape index (κ2) is 8.65. The number of hydrogen-bond donors (Lipinski definition) is 0. The van der Waals surface area contributed by atoms with Crippen LogP contribution in [0.1, 0.15) is 30.9 Å². The normalized spacial score (nSPS) is 10.9. The lowest BCUT2D eigenvalue weighted by atomic mass is 10.0. The van der Waals surface area contributed by atoms with Crippen molar-refractivity contribution in [3.8, 4) is 17.6 Å². The Kier molecular flexibility index (Phi) is 6.26. The van der Waals surface area contributed by atoms with Gasteiger partial charge in [-0.1, -0.05) is 49.7 Å². The van der Waals surface area contributed by atoms with Gasteiger partial charge < -0.3 is 9.47 Å². The second-order valence-electron chi connectivity index (χ2n) is 5.15. The molecule has 0 heterocycles. The molecule has 0 bridgehead atoms. The van der Waals surface area contributed by atoms with Crippen LogP contribution >= 0.6 is 0 Å². The van der Waals surface area contributed by atoms with Crippen LogP contribution in [-0.2, 0) is 0 Å². The highest BCUT2D eigenvalue weighted by molar-refractivity contribution is 5.89. The first-order chi connectivity index (χ1) is 11.3. The van der Waals surface area contributed by atoms with Crippen LogP contribution < -0.4 is 9.47 Å². The van der Waals surface area contributed by atoms with Crippen molar-refractivity contribution >= 4 is 11.6 Å². The van der Waals surface area contributed by atoms with Gasteiger partial charge >= 0.3 is 0 Å². The number of rotatable bonds is 7. The zero-order valence-electron chi connectivity index (χ0n) is 13.6. The van der Waals surface area contributed by atoms with Crippen LogP contribution in [0.5, 0.6) is 11.5 Å². The van der Waals surface area contributed by atoms with E-state index in [1.54, 1.807) is 7.11 Å². The summed E-state index contributed by atoms with van der Waals surface area (Å²) in [5, 5.41) is 9.39. The molecule has 0 aliphatic heterocycles. The average Bonchev–Trinajstić information content (AvgIpc) is 2.61. The summed E-state index contributed by atoms with van der Waals surface area (Å²) >= 11 is 0. The van der Waals surface area contributed by atoms with Crippen LogP contribution in [0.2, 0.25) is 0 Å². The molecule has 0 aromatic heterocycles. The van der Waals surface area contributed by atoms with E-state index in [9.17, 15) is 5.26 Å². The Balaban J connectivity index is 2.26. The molecule has 0 spiro atoms. The highest BCUT2D eigenvalue weighted by Gasteiger charge is 2.06. The molecule has 0 fully saturated rings. The summed E-state index contributed by atoms with van der Waals surface area (Å²) < 4.78 is 11.1. The molecular formula is C20H21NO2. The largest absolute Gasteiger partial charge is 0.493 e. The van der Waals surface area contributed by atoms with E-state index in [4.69, 9.17) is 9.47 Å². The summed E-state index contributed by atoms with van der Waals surface area (Å²) in [6.07, 6.45) is 3.96. The van der Waals surface area contributed by atoms with Crippen molar-refractivity contribution in [3.63, 3.8) is 0 Å². The van der Waals surface area contributed by atoms with Gasteiger partial charge in [0.05, 0.1) is 25.4 Å². The molecule has 0 aliphatic carbocycles. The average molecular weight is 307 g/mol. The van der Waals surface area contributed by atoms with Gasteiger partial charge in [0, 0.05) is 0 Å². The molecule has 0 atom stereocenters. The van der Waals surface area contributed by atoms with E-state index >= 15 is 0 Å². The van der Waals surface area contributed by atoms with Crippen molar-refractivity contribution in [2.45, 2.75) is 19.8 Å². The summed E-state index contributed by atoms with van der Waals surface area (Å²) in [5.41, 5.74) is 2.43. The standard InChI is InChI=1S/C20H21NO2/c1-3-4-12-23-19-11-10-16(14-20(19)22-2)13-18(15-21)17-8-6-5-7-9-17/h5-11,13-14H,3-4,12H2,1-2H3. The predicted octanol–water partition coefficient (Wildman–Crippen LogP) is 4.94. The summed E-state index contributed by atoms with van der Waals surface area (Å²) in [6, 6.07) is 17.6. The van der Waals surface area contributed by atoms with Gasteiger partial charge in [-0.2, -0.15) is 5.26 Å². The fraction of sp³-hybridized carbons (Fsp3) is 0.250. The Morgan fingerprint density at radius 2 is 1.91 bits per heavy atom. The van der Waals surface area contributed by atoms with Crippen molar-refractivity contribution < 1.29 is 9.47 Å². The molecule has 3 heteroatoms. The number of nitriles is 1. The molecule has 0 aliphatic rings. The topological polar surface area (TPSA) is 42.2 Å². The summed E-state index contributed by atoms with van der Waals surface area (Å²) in [6.45, 7) is 2.80. The maximum Gasteiger partial charge on any atom is 0.161 e. The Hall–Kier alpha value is -2.73. The van der Waals surface area contributed by atoms with Gasteiger partial charge in [0.2, 0.25) is 0 Å². The third-order valence-electron chi connectivity index (χ3n) is 3.46. The van der Waals surface area contributed by atoms with Crippen LogP contribution in [0.25, 0.3) is 11.6 Å². The van der Waals surface area contributed by atoms with Gasteiger partial charge in [0.1, 0.15) is 0 Å². The van der Waals surface area contributed by atoms with E-state index in [1.165, 1.54) is 0 Å². The molecule has 0 unspecified atom stereocenters. The maximum atomic E-state index is 9.39. The Morgan fingerprint density at radius 1 is 1.13 bits per heavy atom. The Morgan fingerprint density at radius 3 is 2.57 bits per heavy atom. The molecule has 0 radical (unpaired) electrons. The summed E-state index contributed by atoms with van der Waals surface area (Å²) in [7, 11) is 1.62. The van der Waals surface area contributed by atoms with Gasteiger partial charge in [0.25, 0.3) is 0 Å². The Labute approximate surface area is 137 Å². The van der Waals surface area contributed by atoms with Crippen molar-refractivity contribution in [2.24, 2.45) is 0 Å². The fourth-order valence-corrected chi connectivity index (χ4v) is 2.18. The van der Waals surface area contributed by atoms with E-state index in [0.717, 1.165) is 29.7 Å². The monoisotopic (exact) mass is 307 g/mol. The minimum absolute atomic E-state index is 0.618. The van der Waals surface area contributed by atoms with Crippen molar-refractivity contribution in [3.05, 3.63) is 59.7 Å². The molecule has 0 saturated heterocycles. The molecule has 3 nitrogen and oxygen atoms in total. The van der Waals surface area contributed by atoms with Crippen LogP contribution in [0.15, 0.2) is 48.5 Å². The molecule has 2 rings (SSSR count). The van der Waals surface area contributed by atoms with E-state index < -0.39 is 0 Å². The second-order valence-corrected chi connectivity index (χ2v) is 5.15. The number of unbranched alkanes of at least 4 members (excludes halogenated alkanes) is 1. The highest BCUT2D eigenvalue weighted by Crippen LogP contribution is 2.30. The smallest absolute Gasteiger partial charge is 0.161 e. The molecular weight excluding hydrogens is 286 g/mol. The van der Waals surface area contributed by atoms with Crippen molar-refractivity contribution in [1.29, 1.82) is 5.26 Å². The van der Waals surface area contributed by atoms with Gasteiger partial charge in [0.15, 0.2) is 11.5 Å². The number of allylic oxidation sites excluding steroid dienone is 1. The summed E-state index contributed by atoms with van der Waals surface area (Å²) in [4.78, 5) is 0. The zero-order valence-corrected chi connectivity index (χ0v) is 13.6. The van der Waals surface area contributed by atoms with Gasteiger partial charge in [-0.3, -0.25) is 0 Å². The highest BCUT2D eigenvalue weighted by atomic mass is 16.5. The van der Waals surface area contributed by atoms with Gasteiger partial charge in [-0.15, -0.1) is 0 Å². The first kappa shape index (κ1) is 16.6. The van der Waals surface area contributed by atoms with E-state index in [2.05, 4.69) is 13.0 Å². The molecule has 2 aromatic rings. The van der Waals surface area contributed by atoms with Gasteiger partial charge in [-0.25, -0.2) is 0 Å². The van der Waals surface area contributed by atoms with Gasteiger partial charge in [-0.05, 0) is 35.8 Å².